The molecule has 21 heavy (non-hydrogen) atoms. The summed E-state index contributed by atoms with van der Waals surface area (Å²) in [5.74, 6) is -0.212. The molecule has 0 saturated heterocycles. The molecule has 1 rings (SSSR count). The third kappa shape index (κ3) is 4.39. The summed E-state index contributed by atoms with van der Waals surface area (Å²) in [6, 6.07) is 9.19. The molecule has 2 N–H and O–H groups in total. The summed E-state index contributed by atoms with van der Waals surface area (Å²) in [5, 5.41) is 17.4. The molecule has 0 aliphatic rings. The van der Waals surface area contributed by atoms with Crippen molar-refractivity contribution in [2.75, 3.05) is 37.8 Å². The van der Waals surface area contributed by atoms with Gasteiger partial charge >= 0.3 is 0 Å². The van der Waals surface area contributed by atoms with Crippen molar-refractivity contribution in [3.8, 4) is 12.1 Å². The molecule has 0 fully saturated rings. The van der Waals surface area contributed by atoms with Crippen molar-refractivity contribution < 1.29 is 4.79 Å². The molecule has 0 spiro atoms. The van der Waals surface area contributed by atoms with E-state index in [-0.39, 0.29) is 18.7 Å². The van der Waals surface area contributed by atoms with Gasteiger partial charge in [-0.15, -0.1) is 0 Å². The first-order valence-corrected chi connectivity index (χ1v) is 6.61. The number of benzene rings is 1. The topological polar surface area (TPSA) is 97.2 Å². The number of hydrogen-bond donors (Lipinski definition) is 1. The van der Waals surface area contributed by atoms with Gasteiger partial charge in [0.15, 0.2) is 0 Å². The number of carbonyl (C=O) groups is 1. The van der Waals surface area contributed by atoms with Crippen LogP contribution in [-0.2, 0) is 0 Å². The van der Waals surface area contributed by atoms with Crippen molar-refractivity contribution in [3.63, 3.8) is 0 Å². The summed E-state index contributed by atoms with van der Waals surface area (Å²) in [6.07, 6.45) is 0.466. The number of nitrogens with zero attached hydrogens (tertiary/aromatic N) is 4. The molecular formula is C15H19N5O. The zero-order valence-corrected chi connectivity index (χ0v) is 12.3. The summed E-state index contributed by atoms with van der Waals surface area (Å²) in [6.45, 7) is 0.608. The summed E-state index contributed by atoms with van der Waals surface area (Å²) >= 11 is 0. The first-order chi connectivity index (χ1) is 10.0. The van der Waals surface area contributed by atoms with E-state index >= 15 is 0 Å². The normalized spacial score (nSPS) is 9.52. The van der Waals surface area contributed by atoms with Crippen molar-refractivity contribution in [3.05, 3.63) is 23.8 Å². The highest BCUT2D eigenvalue weighted by Crippen LogP contribution is 2.23. The van der Waals surface area contributed by atoms with Gasteiger partial charge in [0.1, 0.15) is 0 Å². The molecule has 0 saturated carbocycles. The monoisotopic (exact) mass is 285 g/mol. The highest BCUT2D eigenvalue weighted by molar-refractivity contribution is 6.00. The number of amides is 1. The molecule has 110 valence electrons. The molecule has 0 aliphatic heterocycles. The van der Waals surface area contributed by atoms with Crippen LogP contribution >= 0.6 is 0 Å². The van der Waals surface area contributed by atoms with Crippen LogP contribution in [0.1, 0.15) is 23.2 Å². The second kappa shape index (κ2) is 7.76. The van der Waals surface area contributed by atoms with Crippen molar-refractivity contribution in [2.24, 2.45) is 0 Å². The fourth-order valence-electron chi connectivity index (χ4n) is 1.97. The molecule has 0 radical (unpaired) electrons. The molecular weight excluding hydrogens is 266 g/mol. The first kappa shape index (κ1) is 16.3. The van der Waals surface area contributed by atoms with Crippen LogP contribution in [-0.4, -0.2) is 38.0 Å². The van der Waals surface area contributed by atoms with Crippen molar-refractivity contribution in [2.45, 2.75) is 12.8 Å². The number of nitriles is 2. The average molecular weight is 285 g/mol. The molecule has 0 aromatic heterocycles. The van der Waals surface area contributed by atoms with Gasteiger partial charge in [0.25, 0.3) is 5.91 Å². The van der Waals surface area contributed by atoms with Crippen molar-refractivity contribution >= 4 is 17.3 Å². The molecule has 1 aromatic carbocycles. The minimum Gasteiger partial charge on any atom is -0.399 e. The summed E-state index contributed by atoms with van der Waals surface area (Å²) in [7, 11) is 3.69. The van der Waals surface area contributed by atoms with E-state index < -0.39 is 0 Å². The predicted octanol–water partition coefficient (Wildman–Crippen LogP) is 1.60. The molecule has 6 nitrogen and oxygen atoms in total. The molecule has 1 amide bonds. The Morgan fingerprint density at radius 3 is 2.24 bits per heavy atom. The standard InChI is InChI=1S/C15H19N5O/c1-19(2)14-6-5-12(18)11-13(14)15(21)20(9-3-7-16)10-4-8-17/h5-6,11H,3-4,9-10,18H2,1-2H3. The maximum atomic E-state index is 12.7. The van der Waals surface area contributed by atoms with E-state index in [4.69, 9.17) is 16.3 Å². The number of carbonyl (C=O) groups excluding carboxylic acids is 1. The molecule has 6 heteroatoms. The molecule has 0 heterocycles. The van der Waals surface area contributed by atoms with Crippen LogP contribution in [0, 0.1) is 22.7 Å². The Morgan fingerprint density at radius 2 is 1.76 bits per heavy atom. The number of nitrogen functional groups attached to an aromatic ring is 1. The lowest BCUT2D eigenvalue weighted by atomic mass is 10.1. The van der Waals surface area contributed by atoms with Gasteiger partial charge in [-0.1, -0.05) is 0 Å². The predicted molar refractivity (Wildman–Crippen MR) is 81.5 cm³/mol. The lowest BCUT2D eigenvalue weighted by Crippen LogP contribution is -2.33. The number of rotatable bonds is 6. The van der Waals surface area contributed by atoms with E-state index in [0.717, 1.165) is 5.69 Å². The second-order valence-corrected chi connectivity index (χ2v) is 4.78. The average Bonchev–Trinajstić information content (AvgIpc) is 2.46. The van der Waals surface area contributed by atoms with Gasteiger partial charge in [0, 0.05) is 38.6 Å². The molecule has 0 bridgehead atoms. The largest absolute Gasteiger partial charge is 0.399 e. The smallest absolute Gasteiger partial charge is 0.256 e. The zero-order valence-electron chi connectivity index (χ0n) is 12.3. The molecule has 0 aliphatic carbocycles. The van der Waals surface area contributed by atoms with Gasteiger partial charge in [0.05, 0.1) is 30.5 Å². The third-order valence-electron chi connectivity index (χ3n) is 3.01. The molecule has 0 atom stereocenters. The van der Waals surface area contributed by atoms with Crippen LogP contribution < -0.4 is 10.6 Å². The Labute approximate surface area is 125 Å². The lowest BCUT2D eigenvalue weighted by molar-refractivity contribution is 0.0763. The Morgan fingerprint density at radius 1 is 1.19 bits per heavy atom. The van der Waals surface area contributed by atoms with Gasteiger partial charge in [-0.25, -0.2) is 0 Å². The first-order valence-electron chi connectivity index (χ1n) is 6.61. The van der Waals surface area contributed by atoms with Crippen LogP contribution in [0.2, 0.25) is 0 Å². The van der Waals surface area contributed by atoms with E-state index in [0.29, 0.717) is 24.3 Å². The Bertz CT molecular complexity index is 565. The van der Waals surface area contributed by atoms with Gasteiger partial charge in [-0.2, -0.15) is 10.5 Å². The summed E-state index contributed by atoms with van der Waals surface area (Å²) in [5.41, 5.74) is 7.52. The fourth-order valence-corrected chi connectivity index (χ4v) is 1.97. The summed E-state index contributed by atoms with van der Waals surface area (Å²) in [4.78, 5) is 16.0. The van der Waals surface area contributed by atoms with Crippen molar-refractivity contribution in [1.29, 1.82) is 10.5 Å². The van der Waals surface area contributed by atoms with Crippen molar-refractivity contribution in [1.82, 2.24) is 4.90 Å². The van der Waals surface area contributed by atoms with Gasteiger partial charge in [0.2, 0.25) is 0 Å². The minimum absolute atomic E-state index is 0.212. The van der Waals surface area contributed by atoms with E-state index in [2.05, 4.69) is 0 Å². The molecule has 0 unspecified atom stereocenters. The lowest BCUT2D eigenvalue weighted by Gasteiger charge is -2.24. The van der Waals surface area contributed by atoms with Crippen LogP contribution in [0.4, 0.5) is 11.4 Å². The Kier molecular flexibility index (Phi) is 6.03. The third-order valence-corrected chi connectivity index (χ3v) is 3.01. The summed E-state index contributed by atoms with van der Waals surface area (Å²) < 4.78 is 0. The maximum Gasteiger partial charge on any atom is 0.256 e. The quantitative estimate of drug-likeness (QED) is 0.801. The van der Waals surface area contributed by atoms with Crippen LogP contribution in [0.25, 0.3) is 0 Å². The van der Waals surface area contributed by atoms with Gasteiger partial charge in [-0.05, 0) is 18.2 Å². The van der Waals surface area contributed by atoms with E-state index in [9.17, 15) is 4.79 Å². The van der Waals surface area contributed by atoms with E-state index in [1.807, 2.05) is 31.1 Å². The van der Waals surface area contributed by atoms with E-state index in [1.54, 1.807) is 18.2 Å². The number of nitrogens with two attached hydrogens (primary N) is 1. The van der Waals surface area contributed by atoms with Gasteiger partial charge < -0.3 is 15.5 Å². The van der Waals surface area contributed by atoms with Gasteiger partial charge in [-0.3, -0.25) is 4.79 Å². The zero-order chi connectivity index (χ0) is 15.8. The van der Waals surface area contributed by atoms with Crippen LogP contribution in [0.3, 0.4) is 0 Å². The Hall–Kier alpha value is -2.73. The highest BCUT2D eigenvalue weighted by Gasteiger charge is 2.19. The Balaban J connectivity index is 3.10. The number of hydrogen-bond acceptors (Lipinski definition) is 5. The van der Waals surface area contributed by atoms with Crippen LogP contribution in [0.15, 0.2) is 18.2 Å². The highest BCUT2D eigenvalue weighted by atomic mass is 16.2. The second-order valence-electron chi connectivity index (χ2n) is 4.78. The van der Waals surface area contributed by atoms with Crippen LogP contribution in [0.5, 0.6) is 0 Å². The number of anilines is 2. The minimum atomic E-state index is -0.212. The molecule has 1 aromatic rings. The SMILES string of the molecule is CN(C)c1ccc(N)cc1C(=O)N(CCC#N)CCC#N. The van der Waals surface area contributed by atoms with E-state index in [1.165, 1.54) is 4.90 Å². The fraction of sp³-hybridized carbons (Fsp3) is 0.400. The maximum absolute atomic E-state index is 12.7.